The Kier molecular flexibility index (Phi) is 4.98. The fraction of sp³-hybridized carbons (Fsp3) is 0.192. The Bertz CT molecular complexity index is 1450. The number of pyridine rings is 1. The van der Waals surface area contributed by atoms with Crippen molar-refractivity contribution in [2.75, 3.05) is 6.54 Å². The van der Waals surface area contributed by atoms with Gasteiger partial charge in [-0.1, -0.05) is 48.5 Å². The minimum absolute atomic E-state index is 0.106. The highest BCUT2D eigenvalue weighted by molar-refractivity contribution is 6.07. The molecular formula is C26H25N5O. The first kappa shape index (κ1) is 20.0. The number of carbonyl (C=O) groups excluding carboxylic acids is 1. The van der Waals surface area contributed by atoms with Gasteiger partial charge in [0.1, 0.15) is 0 Å². The van der Waals surface area contributed by atoms with E-state index in [1.165, 1.54) is 16.5 Å². The zero-order chi connectivity index (χ0) is 22.2. The van der Waals surface area contributed by atoms with E-state index in [2.05, 4.69) is 46.4 Å². The lowest BCUT2D eigenvalue weighted by Gasteiger charge is -2.09. The van der Waals surface area contributed by atoms with Gasteiger partial charge >= 0.3 is 0 Å². The Morgan fingerprint density at radius 3 is 2.59 bits per heavy atom. The number of hydrogen-bond donors (Lipinski definition) is 1. The number of nitrogens with one attached hydrogen (secondary N) is 1. The summed E-state index contributed by atoms with van der Waals surface area (Å²) in [5, 5.41) is 9.65. The number of aromatic nitrogens is 4. The van der Waals surface area contributed by atoms with Crippen LogP contribution in [0.15, 0.2) is 66.9 Å². The molecule has 0 saturated heterocycles. The molecule has 0 bridgehead atoms. The number of nitrogens with zero attached hydrogens (tertiary/aromatic N) is 4. The van der Waals surface area contributed by atoms with Crippen molar-refractivity contribution in [2.45, 2.75) is 13.3 Å². The Balaban J connectivity index is 1.45. The first-order valence-corrected chi connectivity index (χ1v) is 10.7. The lowest BCUT2D eigenvalue weighted by molar-refractivity contribution is 0.0955. The molecule has 6 nitrogen and oxygen atoms in total. The Labute approximate surface area is 186 Å². The van der Waals surface area contributed by atoms with Crippen molar-refractivity contribution in [3.63, 3.8) is 0 Å². The summed E-state index contributed by atoms with van der Waals surface area (Å²) in [4.78, 5) is 18.1. The van der Waals surface area contributed by atoms with Gasteiger partial charge in [-0.05, 0) is 31.0 Å². The Morgan fingerprint density at radius 2 is 1.78 bits per heavy atom. The molecule has 0 aliphatic carbocycles. The van der Waals surface area contributed by atoms with E-state index in [-0.39, 0.29) is 5.91 Å². The third-order valence-electron chi connectivity index (χ3n) is 5.94. The molecule has 5 rings (SSSR count). The van der Waals surface area contributed by atoms with Crippen molar-refractivity contribution in [2.24, 2.45) is 14.1 Å². The number of para-hydroxylation sites is 1. The molecule has 0 aliphatic rings. The molecule has 0 saturated carbocycles. The number of carbonyl (C=O) groups is 1. The van der Waals surface area contributed by atoms with Crippen LogP contribution in [0, 0.1) is 6.92 Å². The first-order chi connectivity index (χ1) is 15.5. The Morgan fingerprint density at radius 1 is 1.03 bits per heavy atom. The van der Waals surface area contributed by atoms with Crippen molar-refractivity contribution >= 4 is 27.8 Å². The number of fused-ring (bicyclic) bond motifs is 2. The molecule has 32 heavy (non-hydrogen) atoms. The quantitative estimate of drug-likeness (QED) is 0.455. The van der Waals surface area contributed by atoms with Gasteiger partial charge in [-0.3, -0.25) is 9.48 Å². The first-order valence-electron chi connectivity index (χ1n) is 10.7. The second-order valence-electron chi connectivity index (χ2n) is 8.12. The van der Waals surface area contributed by atoms with Gasteiger partial charge in [0.15, 0.2) is 5.65 Å². The van der Waals surface area contributed by atoms with Crippen LogP contribution in [0.2, 0.25) is 0 Å². The molecule has 3 aromatic heterocycles. The molecule has 3 heterocycles. The van der Waals surface area contributed by atoms with Gasteiger partial charge in [0.2, 0.25) is 0 Å². The van der Waals surface area contributed by atoms with E-state index in [9.17, 15) is 4.79 Å². The molecule has 0 aliphatic heterocycles. The van der Waals surface area contributed by atoms with E-state index in [0.29, 0.717) is 17.8 Å². The van der Waals surface area contributed by atoms with E-state index in [1.807, 2.05) is 56.4 Å². The third-order valence-corrected chi connectivity index (χ3v) is 5.94. The summed E-state index contributed by atoms with van der Waals surface area (Å²) in [6.45, 7) is 2.47. The highest BCUT2D eigenvalue weighted by atomic mass is 16.1. The average molecular weight is 424 g/mol. The lowest BCUT2D eigenvalue weighted by atomic mass is 10.0. The molecular weight excluding hydrogens is 398 g/mol. The summed E-state index contributed by atoms with van der Waals surface area (Å²) in [7, 11) is 3.91. The van der Waals surface area contributed by atoms with Crippen LogP contribution < -0.4 is 5.32 Å². The minimum Gasteiger partial charge on any atom is -0.352 e. The standard InChI is InChI=1S/C26H25N5O/c1-17-24-21(15-22(18-9-5-4-6-10-18)28-25(24)31(3)29-17)26(32)27-14-13-19-16-30(2)23-12-8-7-11-20(19)23/h4-12,15-16H,13-14H2,1-3H3,(H,27,32). The fourth-order valence-corrected chi connectivity index (χ4v) is 4.41. The maximum Gasteiger partial charge on any atom is 0.252 e. The van der Waals surface area contributed by atoms with Crippen molar-refractivity contribution in [1.82, 2.24) is 24.6 Å². The SMILES string of the molecule is Cc1nn(C)c2nc(-c3ccccc3)cc(C(=O)NCCc3cn(C)c4ccccc34)c12. The summed E-state index contributed by atoms with van der Waals surface area (Å²) in [6, 6.07) is 20.1. The lowest BCUT2D eigenvalue weighted by Crippen LogP contribution is -2.26. The van der Waals surface area contributed by atoms with Crippen LogP contribution in [0.4, 0.5) is 0 Å². The zero-order valence-electron chi connectivity index (χ0n) is 18.5. The van der Waals surface area contributed by atoms with Crippen LogP contribution in [0.3, 0.4) is 0 Å². The van der Waals surface area contributed by atoms with E-state index in [4.69, 9.17) is 4.98 Å². The molecule has 0 fully saturated rings. The second-order valence-corrected chi connectivity index (χ2v) is 8.12. The molecule has 0 unspecified atom stereocenters. The van der Waals surface area contributed by atoms with Crippen molar-refractivity contribution in [3.8, 4) is 11.3 Å². The van der Waals surface area contributed by atoms with E-state index in [1.54, 1.807) is 4.68 Å². The number of hydrogen-bond acceptors (Lipinski definition) is 3. The summed E-state index contributed by atoms with van der Waals surface area (Å²) >= 11 is 0. The van der Waals surface area contributed by atoms with Crippen LogP contribution in [-0.2, 0) is 20.5 Å². The van der Waals surface area contributed by atoms with Crippen LogP contribution in [-0.4, -0.2) is 31.8 Å². The van der Waals surface area contributed by atoms with Gasteiger partial charge in [0.05, 0.1) is 22.3 Å². The van der Waals surface area contributed by atoms with E-state index >= 15 is 0 Å². The smallest absolute Gasteiger partial charge is 0.252 e. The van der Waals surface area contributed by atoms with Gasteiger partial charge in [-0.15, -0.1) is 0 Å². The maximum absolute atomic E-state index is 13.3. The van der Waals surface area contributed by atoms with Gasteiger partial charge in [0.25, 0.3) is 5.91 Å². The number of benzene rings is 2. The van der Waals surface area contributed by atoms with Crippen LogP contribution >= 0.6 is 0 Å². The largest absolute Gasteiger partial charge is 0.352 e. The average Bonchev–Trinajstić information content (AvgIpc) is 3.29. The molecule has 160 valence electrons. The normalized spacial score (nSPS) is 11.3. The molecule has 0 atom stereocenters. The zero-order valence-corrected chi connectivity index (χ0v) is 18.5. The topological polar surface area (TPSA) is 64.7 Å². The van der Waals surface area contributed by atoms with Crippen molar-refractivity contribution in [1.29, 1.82) is 0 Å². The molecule has 0 radical (unpaired) electrons. The van der Waals surface area contributed by atoms with Gasteiger partial charge in [-0.25, -0.2) is 4.98 Å². The fourth-order valence-electron chi connectivity index (χ4n) is 4.41. The summed E-state index contributed by atoms with van der Waals surface area (Å²) in [5.74, 6) is -0.106. The molecule has 0 spiro atoms. The minimum atomic E-state index is -0.106. The van der Waals surface area contributed by atoms with Crippen molar-refractivity contribution < 1.29 is 4.79 Å². The number of rotatable bonds is 5. The Hall–Kier alpha value is -3.93. The second kappa shape index (κ2) is 7.96. The predicted octanol–water partition coefficient (Wildman–Crippen LogP) is 4.41. The predicted molar refractivity (Wildman–Crippen MR) is 128 cm³/mol. The van der Waals surface area contributed by atoms with Gasteiger partial charge in [0, 0.05) is 43.3 Å². The summed E-state index contributed by atoms with van der Waals surface area (Å²) < 4.78 is 3.87. The van der Waals surface area contributed by atoms with Gasteiger partial charge < -0.3 is 9.88 Å². The van der Waals surface area contributed by atoms with Crippen LogP contribution in [0.25, 0.3) is 33.2 Å². The highest BCUT2D eigenvalue weighted by Gasteiger charge is 2.19. The number of aryl methyl sites for hydroxylation is 3. The molecule has 2 aromatic carbocycles. The van der Waals surface area contributed by atoms with Crippen LogP contribution in [0.5, 0.6) is 0 Å². The number of amides is 1. The third kappa shape index (κ3) is 3.43. The van der Waals surface area contributed by atoms with Crippen LogP contribution in [0.1, 0.15) is 21.6 Å². The maximum atomic E-state index is 13.3. The van der Waals surface area contributed by atoms with Crippen molar-refractivity contribution in [3.05, 3.63) is 83.7 Å². The van der Waals surface area contributed by atoms with Gasteiger partial charge in [-0.2, -0.15) is 5.10 Å². The monoisotopic (exact) mass is 423 g/mol. The summed E-state index contributed by atoms with van der Waals surface area (Å²) in [5.41, 5.74) is 6.28. The molecule has 1 N–H and O–H groups in total. The molecule has 1 amide bonds. The molecule has 6 heteroatoms. The van der Waals surface area contributed by atoms with E-state index in [0.717, 1.165) is 28.8 Å². The highest BCUT2D eigenvalue weighted by Crippen LogP contribution is 2.27. The summed E-state index contributed by atoms with van der Waals surface area (Å²) in [6.07, 6.45) is 2.90. The van der Waals surface area contributed by atoms with E-state index < -0.39 is 0 Å². The molecule has 5 aromatic rings.